The van der Waals surface area contributed by atoms with E-state index < -0.39 is 17.8 Å². The summed E-state index contributed by atoms with van der Waals surface area (Å²) in [6.07, 6.45) is 11.5. The quantitative estimate of drug-likeness (QED) is 0.673. The lowest BCUT2D eigenvalue weighted by Crippen LogP contribution is -2.53. The predicted molar refractivity (Wildman–Crippen MR) is 124 cm³/mol. The summed E-state index contributed by atoms with van der Waals surface area (Å²) >= 11 is 6.30. The number of amides is 1. The molecule has 33 heavy (non-hydrogen) atoms. The monoisotopic (exact) mass is 466 g/mol. The number of hydrogen-bond acceptors (Lipinski definition) is 5. The first kappa shape index (κ1) is 21.7. The Morgan fingerprint density at radius 2 is 1.88 bits per heavy atom. The van der Waals surface area contributed by atoms with Gasteiger partial charge in [-0.1, -0.05) is 24.4 Å². The Balaban J connectivity index is 1.36. The molecule has 2 aliphatic heterocycles. The number of benzene rings is 1. The van der Waals surface area contributed by atoms with Crippen LogP contribution in [-0.2, 0) is 9.59 Å². The summed E-state index contributed by atoms with van der Waals surface area (Å²) in [5, 5.41) is 10.2. The van der Waals surface area contributed by atoms with Crippen LogP contribution >= 0.6 is 11.6 Å². The van der Waals surface area contributed by atoms with Gasteiger partial charge < -0.3 is 19.6 Å². The smallest absolute Gasteiger partial charge is 0.307 e. The van der Waals surface area contributed by atoms with Crippen LogP contribution in [0.3, 0.4) is 0 Å². The Hall–Kier alpha value is -3.15. The van der Waals surface area contributed by atoms with Crippen molar-refractivity contribution in [1.29, 1.82) is 0 Å². The van der Waals surface area contributed by atoms with Gasteiger partial charge in [0.15, 0.2) is 5.75 Å². The Bertz CT molecular complexity index is 1100. The van der Waals surface area contributed by atoms with Crippen molar-refractivity contribution in [2.45, 2.75) is 25.7 Å². The van der Waals surface area contributed by atoms with Crippen molar-refractivity contribution in [2.75, 3.05) is 26.2 Å². The molecule has 1 N–H and O–H groups in total. The molecule has 2 fully saturated rings. The topological polar surface area (TPSA) is 82.4 Å². The highest BCUT2D eigenvalue weighted by Gasteiger charge is 2.39. The molecule has 1 saturated heterocycles. The van der Waals surface area contributed by atoms with Gasteiger partial charge in [0, 0.05) is 37.3 Å². The minimum Gasteiger partial charge on any atom is -0.481 e. The van der Waals surface area contributed by atoms with E-state index in [1.807, 2.05) is 23.1 Å². The minimum atomic E-state index is -0.858. The SMILES string of the molecule is O=C(O)[C@@H]1CCCC[C@@H]1C(=O)N1CCN(C2=NC3=C(C=[C+]C=C3)Oc3ccc(Cl)cc32)CC1. The van der Waals surface area contributed by atoms with Crippen LogP contribution in [0.2, 0.25) is 5.02 Å². The average Bonchev–Trinajstić information content (AvgIpc) is 3.00. The number of carboxylic acids is 1. The number of ether oxygens (including phenoxy) is 1. The van der Waals surface area contributed by atoms with E-state index in [9.17, 15) is 14.7 Å². The van der Waals surface area contributed by atoms with E-state index in [0.29, 0.717) is 61.2 Å². The van der Waals surface area contributed by atoms with Crippen LogP contribution in [0.15, 0.2) is 52.9 Å². The number of nitrogens with zero attached hydrogens (tertiary/aromatic N) is 3. The Kier molecular flexibility index (Phi) is 5.92. The molecular weight excluding hydrogens is 442 g/mol. The molecule has 2 heterocycles. The highest BCUT2D eigenvalue weighted by molar-refractivity contribution is 6.31. The summed E-state index contributed by atoms with van der Waals surface area (Å²) in [6, 6.07) is 5.47. The molecule has 7 nitrogen and oxygen atoms in total. The number of carbonyl (C=O) groups is 2. The molecule has 0 unspecified atom stereocenters. The number of carboxylic acid groups (broad SMARTS) is 1. The second-order valence-corrected chi connectivity index (χ2v) is 9.16. The summed E-state index contributed by atoms with van der Waals surface area (Å²) in [7, 11) is 0. The number of carbonyl (C=O) groups excluding carboxylic acids is 1. The molecule has 1 saturated carbocycles. The van der Waals surface area contributed by atoms with Crippen LogP contribution in [0.25, 0.3) is 0 Å². The molecule has 0 aromatic heterocycles. The van der Waals surface area contributed by atoms with Gasteiger partial charge in [0.2, 0.25) is 11.6 Å². The van der Waals surface area contributed by atoms with Crippen molar-refractivity contribution in [2.24, 2.45) is 16.8 Å². The van der Waals surface area contributed by atoms with Gasteiger partial charge in [-0.2, -0.15) is 4.99 Å². The highest BCUT2D eigenvalue weighted by Crippen LogP contribution is 2.34. The molecule has 5 rings (SSSR count). The number of aliphatic imine (C=N–C) groups is 1. The van der Waals surface area contributed by atoms with E-state index in [2.05, 4.69) is 11.0 Å². The van der Waals surface area contributed by atoms with Gasteiger partial charge >= 0.3 is 5.97 Å². The number of rotatable bonds is 2. The van der Waals surface area contributed by atoms with Crippen molar-refractivity contribution in [3.63, 3.8) is 0 Å². The Labute approximate surface area is 197 Å². The van der Waals surface area contributed by atoms with Gasteiger partial charge in [-0.3, -0.25) is 9.59 Å². The maximum atomic E-state index is 13.2. The number of piperazine rings is 1. The first-order chi connectivity index (χ1) is 16.0. The number of aliphatic carboxylic acids is 1. The second kappa shape index (κ2) is 9.00. The summed E-state index contributed by atoms with van der Waals surface area (Å²) in [5.74, 6) is 0.166. The van der Waals surface area contributed by atoms with Gasteiger partial charge in [0.05, 0.1) is 23.5 Å². The van der Waals surface area contributed by atoms with Crippen molar-refractivity contribution in [1.82, 2.24) is 9.80 Å². The molecule has 1 aromatic rings. The molecule has 1 amide bonds. The van der Waals surface area contributed by atoms with Gasteiger partial charge in [-0.15, -0.1) is 0 Å². The lowest BCUT2D eigenvalue weighted by atomic mass is 9.78. The Morgan fingerprint density at radius 3 is 2.64 bits per heavy atom. The predicted octanol–water partition coefficient (Wildman–Crippen LogP) is 3.65. The molecule has 2 aliphatic carbocycles. The zero-order valence-electron chi connectivity index (χ0n) is 18.2. The van der Waals surface area contributed by atoms with Crippen molar-refractivity contribution < 1.29 is 19.4 Å². The molecular formula is C25H25ClN3O4+. The molecule has 170 valence electrons. The normalized spacial score (nSPS) is 24.2. The number of allylic oxidation sites excluding steroid dienone is 4. The molecule has 4 aliphatic rings. The fraction of sp³-hybridized carbons (Fsp3) is 0.400. The van der Waals surface area contributed by atoms with Crippen molar-refractivity contribution in [3.05, 3.63) is 64.5 Å². The third-order valence-corrected chi connectivity index (χ3v) is 6.96. The van der Waals surface area contributed by atoms with Crippen molar-refractivity contribution in [3.8, 4) is 5.75 Å². The summed E-state index contributed by atoms with van der Waals surface area (Å²) in [5.41, 5.74) is 1.51. The van der Waals surface area contributed by atoms with Gasteiger partial charge in [0.25, 0.3) is 5.76 Å². The number of hydrogen-bond donors (Lipinski definition) is 1. The van der Waals surface area contributed by atoms with E-state index in [1.165, 1.54) is 0 Å². The summed E-state index contributed by atoms with van der Waals surface area (Å²) in [4.78, 5) is 33.7. The van der Waals surface area contributed by atoms with E-state index in [-0.39, 0.29) is 5.91 Å². The zero-order valence-corrected chi connectivity index (χ0v) is 18.9. The maximum absolute atomic E-state index is 13.2. The molecule has 0 radical (unpaired) electrons. The lowest BCUT2D eigenvalue weighted by molar-refractivity contribution is -0.152. The van der Waals surface area contributed by atoms with Crippen LogP contribution in [-0.4, -0.2) is 58.8 Å². The summed E-state index contributed by atoms with van der Waals surface area (Å²) in [6.45, 7) is 2.23. The van der Waals surface area contributed by atoms with Gasteiger partial charge in [-0.05, 0) is 31.0 Å². The fourth-order valence-electron chi connectivity index (χ4n) is 4.98. The first-order valence-electron chi connectivity index (χ1n) is 11.3. The lowest BCUT2D eigenvalue weighted by Gasteiger charge is -2.39. The summed E-state index contributed by atoms with van der Waals surface area (Å²) < 4.78 is 6.10. The fourth-order valence-corrected chi connectivity index (χ4v) is 5.15. The number of fused-ring (bicyclic) bond motifs is 1. The maximum Gasteiger partial charge on any atom is 0.307 e. The first-order valence-corrected chi connectivity index (χ1v) is 11.7. The van der Waals surface area contributed by atoms with Crippen LogP contribution < -0.4 is 4.74 Å². The third kappa shape index (κ3) is 4.26. The number of halogens is 1. The molecule has 2 atom stereocenters. The van der Waals surface area contributed by atoms with Crippen LogP contribution in [0.5, 0.6) is 5.75 Å². The van der Waals surface area contributed by atoms with Gasteiger partial charge in [0.1, 0.15) is 18.0 Å². The van der Waals surface area contributed by atoms with Crippen molar-refractivity contribution >= 4 is 29.3 Å². The van der Waals surface area contributed by atoms with Crippen LogP contribution in [0.4, 0.5) is 0 Å². The molecule has 8 heteroatoms. The van der Waals surface area contributed by atoms with Crippen LogP contribution in [0.1, 0.15) is 31.2 Å². The van der Waals surface area contributed by atoms with E-state index >= 15 is 0 Å². The largest absolute Gasteiger partial charge is 0.481 e. The molecule has 0 bridgehead atoms. The van der Waals surface area contributed by atoms with E-state index in [0.717, 1.165) is 24.2 Å². The zero-order chi connectivity index (χ0) is 22.9. The molecule has 1 aromatic carbocycles. The second-order valence-electron chi connectivity index (χ2n) is 8.72. The molecule has 0 spiro atoms. The minimum absolute atomic E-state index is 0.0304. The average molecular weight is 467 g/mol. The van der Waals surface area contributed by atoms with E-state index in [1.54, 1.807) is 18.2 Å². The number of amidine groups is 1. The highest BCUT2D eigenvalue weighted by atomic mass is 35.5. The van der Waals surface area contributed by atoms with Gasteiger partial charge in [-0.25, -0.2) is 0 Å². The Morgan fingerprint density at radius 1 is 1.12 bits per heavy atom. The standard InChI is InChI=1S/C25H24ClN3O4/c26-16-9-10-21-19(15-16)23(27-20-7-3-4-8-22(20)33-21)28-11-13-29(14-12-28)24(30)17-5-1-2-6-18(17)25(31)32/h3,7-10,15,17-18H,1-2,5-6,11-14H2/p+1/t17-,18+/m0/s1. The van der Waals surface area contributed by atoms with E-state index in [4.69, 9.17) is 21.3 Å². The third-order valence-electron chi connectivity index (χ3n) is 6.72. The van der Waals surface area contributed by atoms with Crippen LogP contribution in [0, 0.1) is 17.9 Å².